The number of carbonyl (C=O) groups is 2. The first-order valence-corrected chi connectivity index (χ1v) is 12.2. The largest absolute Gasteiger partial charge is 0.490 e. The lowest BCUT2D eigenvalue weighted by atomic mass is 9.76. The van der Waals surface area contributed by atoms with Crippen LogP contribution in [0.1, 0.15) is 52.7 Å². The number of hydrogen-bond donors (Lipinski definition) is 0. The Hall–Kier alpha value is -3.94. The Labute approximate surface area is 218 Å². The molecule has 0 saturated carbocycles. The van der Waals surface area contributed by atoms with Crippen LogP contribution in [-0.4, -0.2) is 38.4 Å². The minimum absolute atomic E-state index is 0.154. The molecule has 37 heavy (non-hydrogen) atoms. The van der Waals surface area contributed by atoms with Crippen molar-refractivity contribution in [3.63, 3.8) is 0 Å². The van der Waals surface area contributed by atoms with Crippen molar-refractivity contribution >= 4 is 11.9 Å². The molecule has 2 aromatic carbocycles. The molecule has 8 heteroatoms. The van der Waals surface area contributed by atoms with E-state index in [0.29, 0.717) is 60.6 Å². The van der Waals surface area contributed by atoms with Crippen LogP contribution < -0.4 is 28.4 Å². The highest BCUT2D eigenvalue weighted by Crippen LogP contribution is 2.52. The van der Waals surface area contributed by atoms with Crippen molar-refractivity contribution in [2.75, 3.05) is 26.4 Å². The summed E-state index contributed by atoms with van der Waals surface area (Å²) in [6, 6.07) is 7.15. The van der Waals surface area contributed by atoms with Crippen molar-refractivity contribution in [2.24, 2.45) is 0 Å². The fourth-order valence-corrected chi connectivity index (χ4v) is 3.81. The van der Waals surface area contributed by atoms with Crippen molar-refractivity contribution in [3.8, 4) is 34.5 Å². The maximum absolute atomic E-state index is 12.2. The molecule has 0 N–H and O–H groups in total. The van der Waals surface area contributed by atoms with Gasteiger partial charge in [-0.15, -0.1) is 0 Å². The molecule has 8 nitrogen and oxygen atoms in total. The molecule has 0 bridgehead atoms. The molecule has 0 aliphatic heterocycles. The van der Waals surface area contributed by atoms with Crippen LogP contribution in [0.4, 0.5) is 0 Å². The maximum atomic E-state index is 12.2. The minimum Gasteiger partial charge on any atom is -0.490 e. The minimum atomic E-state index is -0.796. The molecule has 0 saturated heterocycles. The zero-order valence-electron chi connectivity index (χ0n) is 22.5. The summed E-state index contributed by atoms with van der Waals surface area (Å²) in [7, 11) is 0. The summed E-state index contributed by atoms with van der Waals surface area (Å²) in [4.78, 5) is 24.4. The van der Waals surface area contributed by atoms with Gasteiger partial charge in [-0.05, 0) is 39.8 Å². The molecular weight excluding hydrogens is 476 g/mol. The van der Waals surface area contributed by atoms with Crippen LogP contribution in [0.2, 0.25) is 0 Å². The third kappa shape index (κ3) is 6.64. The van der Waals surface area contributed by atoms with Gasteiger partial charge in [-0.2, -0.15) is 0 Å². The highest BCUT2D eigenvalue weighted by Gasteiger charge is 2.35. The Morgan fingerprint density at radius 3 is 1.30 bits per heavy atom. The van der Waals surface area contributed by atoms with E-state index in [1.165, 1.54) is 0 Å². The molecule has 0 atom stereocenters. The molecule has 2 rings (SSSR count). The molecule has 200 valence electrons. The molecule has 0 radical (unpaired) electrons. The quantitative estimate of drug-likeness (QED) is 0.179. The molecule has 2 aromatic rings. The second-order valence-corrected chi connectivity index (χ2v) is 8.15. The normalized spacial score (nSPS) is 10.8. The average Bonchev–Trinajstić information content (AvgIpc) is 2.87. The van der Waals surface area contributed by atoms with E-state index >= 15 is 0 Å². The second-order valence-electron chi connectivity index (χ2n) is 8.15. The van der Waals surface area contributed by atoms with Crippen molar-refractivity contribution in [2.45, 2.75) is 47.0 Å². The van der Waals surface area contributed by atoms with E-state index in [-0.39, 0.29) is 11.5 Å². The lowest BCUT2D eigenvalue weighted by molar-refractivity contribution is -0.130. The van der Waals surface area contributed by atoms with Gasteiger partial charge < -0.3 is 28.4 Å². The predicted octanol–water partition coefficient (Wildman–Crippen LogP) is 5.79. The molecule has 0 aliphatic rings. The molecule has 0 amide bonds. The fraction of sp³-hybridized carbons (Fsp3) is 0.379. The van der Waals surface area contributed by atoms with Gasteiger partial charge in [-0.25, -0.2) is 9.59 Å². The summed E-state index contributed by atoms with van der Waals surface area (Å²) >= 11 is 0. The molecule has 0 spiro atoms. The summed E-state index contributed by atoms with van der Waals surface area (Å²) in [5.41, 5.74) is 0.585. The van der Waals surface area contributed by atoms with Gasteiger partial charge in [0.05, 0.1) is 26.4 Å². The highest BCUT2D eigenvalue weighted by atomic mass is 16.6. The van der Waals surface area contributed by atoms with E-state index in [4.69, 9.17) is 28.4 Å². The lowest BCUT2D eigenvalue weighted by Crippen LogP contribution is -2.23. The van der Waals surface area contributed by atoms with Gasteiger partial charge in [-0.3, -0.25) is 0 Å². The third-order valence-electron chi connectivity index (χ3n) is 5.41. The molecule has 0 unspecified atom stereocenters. The van der Waals surface area contributed by atoms with Crippen LogP contribution >= 0.6 is 0 Å². The predicted molar refractivity (Wildman–Crippen MR) is 141 cm³/mol. The number of rotatable bonds is 14. The summed E-state index contributed by atoms with van der Waals surface area (Å²) in [6.07, 6.45) is 2.15. The first-order valence-electron chi connectivity index (χ1n) is 12.2. The Morgan fingerprint density at radius 2 is 1.00 bits per heavy atom. The number of esters is 2. The summed E-state index contributed by atoms with van der Waals surface area (Å²) in [5.74, 6) is 0.418. The zero-order chi connectivity index (χ0) is 27.6. The van der Waals surface area contributed by atoms with Gasteiger partial charge in [0, 0.05) is 28.7 Å². The monoisotopic (exact) mass is 512 g/mol. The van der Waals surface area contributed by atoms with Crippen LogP contribution in [-0.2, 0) is 15.0 Å². The van der Waals surface area contributed by atoms with Crippen molar-refractivity contribution in [1.82, 2.24) is 0 Å². The van der Waals surface area contributed by atoms with E-state index in [2.05, 4.69) is 13.2 Å². The van der Waals surface area contributed by atoms with E-state index < -0.39 is 17.4 Å². The molecule has 0 heterocycles. The van der Waals surface area contributed by atoms with Crippen LogP contribution in [0.5, 0.6) is 34.5 Å². The van der Waals surface area contributed by atoms with Crippen molar-refractivity contribution < 1.29 is 38.0 Å². The van der Waals surface area contributed by atoms with Gasteiger partial charge in [-0.1, -0.05) is 39.1 Å². The topological polar surface area (TPSA) is 89.5 Å². The number of carbonyl (C=O) groups excluding carboxylic acids is 2. The summed E-state index contributed by atoms with van der Waals surface area (Å²) in [5, 5.41) is 0. The Kier molecular flexibility index (Phi) is 10.6. The fourth-order valence-electron chi connectivity index (χ4n) is 3.81. The van der Waals surface area contributed by atoms with Gasteiger partial charge in [0.15, 0.2) is 23.0 Å². The zero-order valence-corrected chi connectivity index (χ0v) is 22.5. The van der Waals surface area contributed by atoms with E-state index in [9.17, 15) is 9.59 Å². The highest BCUT2D eigenvalue weighted by molar-refractivity contribution is 5.85. The molecular formula is C29H36O8. The van der Waals surface area contributed by atoms with Crippen molar-refractivity contribution in [3.05, 3.63) is 60.7 Å². The van der Waals surface area contributed by atoms with Crippen LogP contribution in [0.15, 0.2) is 49.6 Å². The standard InChI is InChI=1S/C29H36O8/c1-9-23(30)36-27-21(32-11-3)17-15-19(25(27)34-13-5)29(7,8)20-16-18-22(33-12-4)28(26(20)35-14-6)37-24(31)10-2/h9-10,15-18H,1-2,11-14H2,3-8H3. The van der Waals surface area contributed by atoms with E-state index in [1.54, 1.807) is 12.1 Å². The van der Waals surface area contributed by atoms with E-state index in [1.807, 2.05) is 53.7 Å². The molecule has 0 aliphatic carbocycles. The first kappa shape index (κ1) is 29.3. The van der Waals surface area contributed by atoms with Crippen LogP contribution in [0.3, 0.4) is 0 Å². The molecule has 0 aromatic heterocycles. The SMILES string of the molecule is C=CC(=O)Oc1c(OCC)ccc(C(C)(C)c2ccc(OCC)c(OC(=O)C=C)c2OCC)c1OCC. The average molecular weight is 513 g/mol. The van der Waals surface area contributed by atoms with Crippen LogP contribution in [0, 0.1) is 0 Å². The Bertz CT molecular complexity index is 1050. The molecule has 0 fully saturated rings. The first-order chi connectivity index (χ1) is 17.7. The number of benzene rings is 2. The second kappa shape index (κ2) is 13.4. The number of hydrogen-bond acceptors (Lipinski definition) is 8. The van der Waals surface area contributed by atoms with Gasteiger partial charge in [0.25, 0.3) is 0 Å². The Morgan fingerprint density at radius 1 is 0.649 bits per heavy atom. The summed E-state index contributed by atoms with van der Waals surface area (Å²) in [6.45, 7) is 19.6. The van der Waals surface area contributed by atoms with Gasteiger partial charge >= 0.3 is 11.9 Å². The van der Waals surface area contributed by atoms with Gasteiger partial charge in [0.2, 0.25) is 11.5 Å². The summed E-state index contributed by atoms with van der Waals surface area (Å²) < 4.78 is 34.7. The smallest absolute Gasteiger partial charge is 0.335 e. The van der Waals surface area contributed by atoms with Crippen LogP contribution in [0.25, 0.3) is 0 Å². The van der Waals surface area contributed by atoms with E-state index in [0.717, 1.165) is 12.2 Å². The maximum Gasteiger partial charge on any atom is 0.335 e. The lowest BCUT2D eigenvalue weighted by Gasteiger charge is -2.32. The van der Waals surface area contributed by atoms with Crippen molar-refractivity contribution in [1.29, 1.82) is 0 Å². The number of ether oxygens (including phenoxy) is 6. The van der Waals surface area contributed by atoms with Gasteiger partial charge in [0.1, 0.15) is 0 Å². The Balaban J connectivity index is 2.87. The third-order valence-corrected chi connectivity index (χ3v) is 5.41.